The molecular formula is C21H16ClFN2O. The van der Waals surface area contributed by atoms with Crippen molar-refractivity contribution in [2.45, 2.75) is 12.7 Å². The Labute approximate surface area is 156 Å². The predicted molar refractivity (Wildman–Crippen MR) is 101 cm³/mol. The maximum atomic E-state index is 13.5. The summed E-state index contributed by atoms with van der Waals surface area (Å²) in [6.07, 6.45) is -0.347. The fourth-order valence-electron chi connectivity index (χ4n) is 3.21. The second-order valence-electron chi connectivity index (χ2n) is 6.18. The number of fused-ring (bicyclic) bond motifs is 1. The molecular weight excluding hydrogens is 351 g/mol. The van der Waals surface area contributed by atoms with Crippen LogP contribution in [0.5, 0.6) is 0 Å². The van der Waals surface area contributed by atoms with Gasteiger partial charge in [0.2, 0.25) is 0 Å². The number of nitrogens with zero attached hydrogens (tertiary/aromatic N) is 1. The third kappa shape index (κ3) is 3.04. The highest BCUT2D eigenvalue weighted by molar-refractivity contribution is 6.31. The van der Waals surface area contributed by atoms with E-state index in [9.17, 15) is 9.18 Å². The first-order valence-corrected chi connectivity index (χ1v) is 8.67. The number of hydrogen-bond acceptors (Lipinski definition) is 2. The van der Waals surface area contributed by atoms with E-state index in [4.69, 9.17) is 11.6 Å². The molecule has 0 saturated heterocycles. The number of halogens is 2. The van der Waals surface area contributed by atoms with E-state index in [2.05, 4.69) is 5.32 Å². The quantitative estimate of drug-likeness (QED) is 0.684. The summed E-state index contributed by atoms with van der Waals surface area (Å²) in [5.74, 6) is -0.503. The van der Waals surface area contributed by atoms with Crippen LogP contribution in [0.1, 0.15) is 27.7 Å². The number of anilines is 1. The summed E-state index contributed by atoms with van der Waals surface area (Å²) in [7, 11) is 0. The summed E-state index contributed by atoms with van der Waals surface area (Å²) >= 11 is 5.90. The highest BCUT2D eigenvalue weighted by atomic mass is 35.5. The van der Waals surface area contributed by atoms with E-state index in [1.54, 1.807) is 11.0 Å². The number of nitrogens with one attached hydrogen (secondary N) is 1. The molecule has 0 radical (unpaired) electrons. The smallest absolute Gasteiger partial charge is 0.256 e. The van der Waals surface area contributed by atoms with Gasteiger partial charge in [-0.2, -0.15) is 0 Å². The fourth-order valence-corrected chi connectivity index (χ4v) is 3.39. The summed E-state index contributed by atoms with van der Waals surface area (Å²) in [6, 6.07) is 21.8. The summed E-state index contributed by atoms with van der Waals surface area (Å²) in [4.78, 5) is 14.7. The molecule has 26 heavy (non-hydrogen) atoms. The van der Waals surface area contributed by atoms with Gasteiger partial charge < -0.3 is 10.2 Å². The Bertz CT molecular complexity index is 961. The van der Waals surface area contributed by atoms with Gasteiger partial charge in [-0.3, -0.25) is 4.79 Å². The minimum absolute atomic E-state index is 0.0323. The average Bonchev–Trinajstić information content (AvgIpc) is 2.92. The topological polar surface area (TPSA) is 32.3 Å². The maximum Gasteiger partial charge on any atom is 0.256 e. The number of carbonyl (C=O) groups excluding carboxylic acids is 1. The van der Waals surface area contributed by atoms with Gasteiger partial charge in [0.25, 0.3) is 5.91 Å². The summed E-state index contributed by atoms with van der Waals surface area (Å²) in [5, 5.41) is 3.36. The Hall–Kier alpha value is -2.85. The first-order valence-electron chi connectivity index (χ1n) is 8.29. The lowest BCUT2D eigenvalue weighted by molar-refractivity contribution is 0.0729. The first-order chi connectivity index (χ1) is 12.6. The molecule has 0 spiro atoms. The monoisotopic (exact) mass is 366 g/mol. The highest BCUT2D eigenvalue weighted by Crippen LogP contribution is 2.36. The first kappa shape index (κ1) is 16.6. The van der Waals surface area contributed by atoms with Crippen molar-refractivity contribution in [3.8, 4) is 0 Å². The molecule has 1 atom stereocenters. The van der Waals surface area contributed by atoms with Crippen LogP contribution in [-0.4, -0.2) is 10.8 Å². The molecule has 0 bridgehead atoms. The van der Waals surface area contributed by atoms with Crippen LogP contribution in [0.4, 0.5) is 10.1 Å². The number of hydrogen-bond donors (Lipinski definition) is 1. The van der Waals surface area contributed by atoms with Gasteiger partial charge in [0.05, 0.1) is 5.02 Å². The zero-order chi connectivity index (χ0) is 18.1. The molecule has 0 saturated carbocycles. The predicted octanol–water partition coefficient (Wildman–Crippen LogP) is 5.25. The van der Waals surface area contributed by atoms with Crippen LogP contribution in [0, 0.1) is 5.82 Å². The Morgan fingerprint density at radius 3 is 2.50 bits per heavy atom. The maximum absolute atomic E-state index is 13.5. The van der Waals surface area contributed by atoms with Crippen LogP contribution in [0.2, 0.25) is 5.02 Å². The lowest BCUT2D eigenvalue weighted by Gasteiger charge is -2.27. The summed E-state index contributed by atoms with van der Waals surface area (Å²) < 4.78 is 13.5. The molecule has 130 valence electrons. The largest absolute Gasteiger partial charge is 0.361 e. The molecule has 1 aliphatic rings. The molecule has 3 nitrogen and oxygen atoms in total. The molecule has 1 amide bonds. The van der Waals surface area contributed by atoms with Crippen LogP contribution in [0.25, 0.3) is 0 Å². The Morgan fingerprint density at radius 2 is 1.73 bits per heavy atom. The van der Waals surface area contributed by atoms with Gasteiger partial charge in [-0.05, 0) is 29.8 Å². The molecule has 4 rings (SSSR count). The molecule has 1 heterocycles. The van der Waals surface area contributed by atoms with E-state index in [-0.39, 0.29) is 17.1 Å². The van der Waals surface area contributed by atoms with E-state index in [0.717, 1.165) is 11.1 Å². The van der Waals surface area contributed by atoms with E-state index in [0.29, 0.717) is 17.8 Å². The van der Waals surface area contributed by atoms with Crippen molar-refractivity contribution in [1.29, 1.82) is 0 Å². The number of amides is 1. The zero-order valence-electron chi connectivity index (χ0n) is 13.8. The van der Waals surface area contributed by atoms with Crippen molar-refractivity contribution < 1.29 is 9.18 Å². The molecule has 0 aliphatic carbocycles. The number of rotatable bonds is 4. The molecule has 1 N–H and O–H groups in total. The Kier molecular flexibility index (Phi) is 4.35. The van der Waals surface area contributed by atoms with Crippen molar-refractivity contribution in [3.63, 3.8) is 0 Å². The van der Waals surface area contributed by atoms with Gasteiger partial charge in [0.1, 0.15) is 12.0 Å². The summed E-state index contributed by atoms with van der Waals surface area (Å²) in [5.41, 5.74) is 3.27. The van der Waals surface area contributed by atoms with Crippen LogP contribution >= 0.6 is 11.6 Å². The van der Waals surface area contributed by atoms with Crippen molar-refractivity contribution in [2.75, 3.05) is 5.32 Å². The molecule has 0 unspecified atom stereocenters. The van der Waals surface area contributed by atoms with Crippen LogP contribution in [0.15, 0.2) is 72.8 Å². The van der Waals surface area contributed by atoms with Crippen LogP contribution < -0.4 is 5.32 Å². The number of benzene rings is 3. The van der Waals surface area contributed by atoms with E-state index < -0.39 is 5.82 Å². The average molecular weight is 367 g/mol. The van der Waals surface area contributed by atoms with Gasteiger partial charge >= 0.3 is 0 Å². The molecule has 5 heteroatoms. The van der Waals surface area contributed by atoms with Gasteiger partial charge in [0.15, 0.2) is 0 Å². The van der Waals surface area contributed by atoms with E-state index in [1.807, 2.05) is 54.6 Å². The normalized spacial score (nSPS) is 15.8. The number of carbonyl (C=O) groups is 1. The zero-order valence-corrected chi connectivity index (χ0v) is 14.6. The summed E-state index contributed by atoms with van der Waals surface area (Å²) in [6.45, 7) is 0.473. The van der Waals surface area contributed by atoms with Crippen molar-refractivity contribution in [2.24, 2.45) is 0 Å². The van der Waals surface area contributed by atoms with Gasteiger partial charge in [-0.1, -0.05) is 60.1 Å². The van der Waals surface area contributed by atoms with Crippen LogP contribution in [0.3, 0.4) is 0 Å². The molecule has 0 aromatic heterocycles. The standard InChI is InChI=1S/C21H16ClFN2O/c22-18-12-15(10-11-19(18)23)24-20-16-8-4-5-9-17(16)21(26)25(20)13-14-6-2-1-3-7-14/h1-12,20,24H,13H2/t20-/m0/s1. The molecule has 3 aromatic rings. The van der Waals surface area contributed by atoms with Gasteiger partial charge in [0, 0.05) is 23.4 Å². The van der Waals surface area contributed by atoms with Gasteiger partial charge in [-0.15, -0.1) is 0 Å². The lowest BCUT2D eigenvalue weighted by atomic mass is 10.1. The van der Waals surface area contributed by atoms with E-state index in [1.165, 1.54) is 12.1 Å². The SMILES string of the molecule is O=C1c2ccccc2[C@@H](Nc2ccc(F)c(Cl)c2)N1Cc1ccccc1. The highest BCUT2D eigenvalue weighted by Gasteiger charge is 2.36. The fraction of sp³-hybridized carbons (Fsp3) is 0.0952. The Balaban J connectivity index is 1.69. The second-order valence-corrected chi connectivity index (χ2v) is 6.59. The minimum Gasteiger partial charge on any atom is -0.361 e. The van der Waals surface area contributed by atoms with E-state index >= 15 is 0 Å². The third-order valence-electron chi connectivity index (χ3n) is 4.48. The third-order valence-corrected chi connectivity index (χ3v) is 4.77. The van der Waals surface area contributed by atoms with Gasteiger partial charge in [-0.25, -0.2) is 4.39 Å². The molecule has 1 aliphatic heterocycles. The van der Waals surface area contributed by atoms with Crippen molar-refractivity contribution in [1.82, 2.24) is 4.90 Å². The lowest BCUT2D eigenvalue weighted by Crippen LogP contribution is -2.31. The van der Waals surface area contributed by atoms with Crippen molar-refractivity contribution >= 4 is 23.2 Å². The van der Waals surface area contributed by atoms with Crippen molar-refractivity contribution in [3.05, 3.63) is 100 Å². The van der Waals surface area contributed by atoms with Crippen LogP contribution in [-0.2, 0) is 6.54 Å². The minimum atomic E-state index is -0.471. The molecule has 0 fully saturated rings. The molecule has 3 aromatic carbocycles. The second kappa shape index (κ2) is 6.81. The Morgan fingerprint density at radius 1 is 1.00 bits per heavy atom.